The van der Waals surface area contributed by atoms with Gasteiger partial charge in [-0.1, -0.05) is 41.9 Å². The molecule has 1 amide bonds. The Kier molecular flexibility index (Phi) is 7.10. The van der Waals surface area contributed by atoms with Gasteiger partial charge in [-0.05, 0) is 38.5 Å². The fourth-order valence-electron chi connectivity index (χ4n) is 3.23. The van der Waals surface area contributed by atoms with E-state index in [1.165, 1.54) is 0 Å². The van der Waals surface area contributed by atoms with E-state index in [1.54, 1.807) is 30.2 Å². The third kappa shape index (κ3) is 5.80. The van der Waals surface area contributed by atoms with Gasteiger partial charge in [-0.3, -0.25) is 0 Å². The zero-order valence-corrected chi connectivity index (χ0v) is 18.5. The van der Waals surface area contributed by atoms with E-state index < -0.39 is 11.7 Å². The molecule has 1 fully saturated rings. The molecule has 0 bridgehead atoms. The van der Waals surface area contributed by atoms with Crippen LogP contribution < -0.4 is 9.47 Å². The van der Waals surface area contributed by atoms with E-state index >= 15 is 0 Å². The lowest BCUT2D eigenvalue weighted by Crippen LogP contribution is -2.50. The number of amides is 1. The summed E-state index contributed by atoms with van der Waals surface area (Å²) in [6.07, 6.45) is -1.19. The second-order valence-electron chi connectivity index (χ2n) is 8.08. The maximum atomic E-state index is 12.6. The number of hydrogen-bond acceptors (Lipinski definition) is 5. The van der Waals surface area contributed by atoms with E-state index in [-0.39, 0.29) is 12.2 Å². The number of benzene rings is 2. The molecule has 3 rings (SSSR count). The van der Waals surface area contributed by atoms with E-state index in [1.807, 2.05) is 51.1 Å². The third-order valence-corrected chi connectivity index (χ3v) is 4.83. The Morgan fingerprint density at radius 2 is 1.90 bits per heavy atom. The molecule has 30 heavy (non-hydrogen) atoms. The lowest BCUT2D eigenvalue weighted by Gasteiger charge is -2.37. The molecule has 0 N–H and O–H groups in total. The summed E-state index contributed by atoms with van der Waals surface area (Å²) in [7, 11) is 1.57. The summed E-state index contributed by atoms with van der Waals surface area (Å²) in [5.41, 5.74) is 0.377. The molecule has 6 nitrogen and oxygen atoms in total. The number of hydrogen-bond donors (Lipinski definition) is 0. The topological polar surface area (TPSA) is 57.2 Å². The fraction of sp³-hybridized carbons (Fsp3) is 0.435. The van der Waals surface area contributed by atoms with Gasteiger partial charge >= 0.3 is 6.09 Å². The van der Waals surface area contributed by atoms with Crippen LogP contribution in [0.5, 0.6) is 11.5 Å². The highest BCUT2D eigenvalue weighted by molar-refractivity contribution is 6.30. The second kappa shape index (κ2) is 9.58. The molecule has 162 valence electrons. The van der Waals surface area contributed by atoms with Crippen LogP contribution >= 0.6 is 11.6 Å². The molecule has 1 saturated heterocycles. The quantitative estimate of drug-likeness (QED) is 0.656. The predicted octanol–water partition coefficient (Wildman–Crippen LogP) is 5.10. The summed E-state index contributed by atoms with van der Waals surface area (Å²) in [5.74, 6) is 1.08. The van der Waals surface area contributed by atoms with E-state index in [9.17, 15) is 4.79 Å². The average molecular weight is 434 g/mol. The Hall–Kier alpha value is -2.44. The van der Waals surface area contributed by atoms with Gasteiger partial charge in [0.05, 0.1) is 20.3 Å². The lowest BCUT2D eigenvalue weighted by atomic mass is 10.0. The number of nitrogens with zero attached hydrogens (tertiary/aromatic N) is 1. The monoisotopic (exact) mass is 433 g/mol. The van der Waals surface area contributed by atoms with Crippen molar-refractivity contribution in [1.29, 1.82) is 0 Å². The summed E-state index contributed by atoms with van der Waals surface area (Å²) >= 11 is 6.09. The lowest BCUT2D eigenvalue weighted by molar-refractivity contribution is -0.0840. The number of morpholine rings is 1. The average Bonchev–Trinajstić information content (AvgIpc) is 2.72. The molecule has 0 spiro atoms. The largest absolute Gasteiger partial charge is 0.493 e. The van der Waals surface area contributed by atoms with Crippen molar-refractivity contribution in [1.82, 2.24) is 4.90 Å². The van der Waals surface area contributed by atoms with Gasteiger partial charge in [-0.2, -0.15) is 0 Å². The van der Waals surface area contributed by atoms with Crippen LogP contribution in [0.15, 0.2) is 48.5 Å². The Balaban J connectivity index is 1.85. The Labute approximate surface area is 182 Å². The molecule has 1 aliphatic heterocycles. The van der Waals surface area contributed by atoms with E-state index in [4.69, 9.17) is 30.5 Å². The summed E-state index contributed by atoms with van der Waals surface area (Å²) in [4.78, 5) is 14.3. The molecule has 1 aliphatic rings. The standard InChI is InChI=1S/C23H28ClNO5/c1-23(2,3)30-22(26)25-12-13-28-20(15-25)21(16-8-6-5-7-9-16)29-18-11-10-17(24)14-19(18)27-4/h5-11,14,20-21H,12-13,15H2,1-4H3/t20-,21+/m0/s1. The first-order chi connectivity index (χ1) is 14.3. The van der Waals surface area contributed by atoms with Gasteiger partial charge in [-0.25, -0.2) is 4.79 Å². The fourth-order valence-corrected chi connectivity index (χ4v) is 3.39. The summed E-state index contributed by atoms with van der Waals surface area (Å²) in [5, 5.41) is 0.556. The Morgan fingerprint density at radius 3 is 2.57 bits per heavy atom. The van der Waals surface area contributed by atoms with Crippen molar-refractivity contribution in [2.24, 2.45) is 0 Å². The van der Waals surface area contributed by atoms with Crippen molar-refractivity contribution in [3.63, 3.8) is 0 Å². The van der Waals surface area contributed by atoms with Gasteiger partial charge < -0.3 is 23.8 Å². The molecular formula is C23H28ClNO5. The van der Waals surface area contributed by atoms with E-state index in [0.29, 0.717) is 36.2 Å². The zero-order valence-electron chi connectivity index (χ0n) is 17.8. The Morgan fingerprint density at radius 1 is 1.17 bits per heavy atom. The molecule has 0 aromatic heterocycles. The van der Waals surface area contributed by atoms with Crippen molar-refractivity contribution in [2.45, 2.75) is 38.6 Å². The van der Waals surface area contributed by atoms with Crippen LogP contribution in [0.1, 0.15) is 32.4 Å². The molecule has 2 aromatic rings. The molecule has 2 aromatic carbocycles. The number of carbonyl (C=O) groups is 1. The highest BCUT2D eigenvalue weighted by Crippen LogP contribution is 2.36. The third-order valence-electron chi connectivity index (χ3n) is 4.59. The van der Waals surface area contributed by atoms with Crippen molar-refractivity contribution >= 4 is 17.7 Å². The van der Waals surface area contributed by atoms with Gasteiger partial charge in [0.2, 0.25) is 0 Å². The van der Waals surface area contributed by atoms with Crippen molar-refractivity contribution < 1.29 is 23.7 Å². The minimum atomic E-state index is -0.559. The first-order valence-electron chi connectivity index (χ1n) is 9.91. The second-order valence-corrected chi connectivity index (χ2v) is 8.52. The number of carbonyl (C=O) groups excluding carboxylic acids is 1. The molecule has 7 heteroatoms. The number of ether oxygens (including phenoxy) is 4. The van der Waals surface area contributed by atoms with E-state index in [0.717, 1.165) is 5.56 Å². The van der Waals surface area contributed by atoms with Gasteiger partial charge in [0.25, 0.3) is 0 Å². The van der Waals surface area contributed by atoms with Crippen LogP contribution in [-0.2, 0) is 9.47 Å². The summed E-state index contributed by atoms with van der Waals surface area (Å²) < 4.78 is 23.4. The molecule has 2 atom stereocenters. The van der Waals surface area contributed by atoms with Crippen molar-refractivity contribution in [2.75, 3.05) is 26.8 Å². The highest BCUT2D eigenvalue weighted by Gasteiger charge is 2.35. The molecule has 0 saturated carbocycles. The summed E-state index contributed by atoms with van der Waals surface area (Å²) in [6.45, 7) is 6.78. The molecule has 1 heterocycles. The molecule has 0 unspecified atom stereocenters. The first kappa shape index (κ1) is 22.2. The maximum absolute atomic E-state index is 12.6. The van der Waals surface area contributed by atoms with Gasteiger partial charge in [-0.15, -0.1) is 0 Å². The van der Waals surface area contributed by atoms with Gasteiger partial charge in [0, 0.05) is 17.6 Å². The SMILES string of the molecule is COc1cc(Cl)ccc1O[C@H](c1ccccc1)[C@@H]1CN(C(=O)OC(C)(C)C)CCO1. The predicted molar refractivity (Wildman–Crippen MR) is 115 cm³/mol. The number of rotatable bonds is 5. The minimum Gasteiger partial charge on any atom is -0.493 e. The van der Waals surface area contributed by atoms with Gasteiger partial charge in [0.1, 0.15) is 11.7 Å². The smallest absolute Gasteiger partial charge is 0.410 e. The van der Waals surface area contributed by atoms with Crippen LogP contribution in [0.4, 0.5) is 4.79 Å². The van der Waals surface area contributed by atoms with Crippen molar-refractivity contribution in [3.8, 4) is 11.5 Å². The Bertz CT molecular complexity index is 852. The molecule has 0 radical (unpaired) electrons. The van der Waals surface area contributed by atoms with Crippen LogP contribution in [0.3, 0.4) is 0 Å². The van der Waals surface area contributed by atoms with Crippen LogP contribution in [-0.4, -0.2) is 49.5 Å². The highest BCUT2D eigenvalue weighted by atomic mass is 35.5. The van der Waals surface area contributed by atoms with Gasteiger partial charge in [0.15, 0.2) is 17.6 Å². The number of halogens is 1. The normalized spacial score (nSPS) is 17.9. The molecular weight excluding hydrogens is 406 g/mol. The minimum absolute atomic E-state index is 0.352. The molecule has 0 aliphatic carbocycles. The number of methoxy groups -OCH3 is 1. The van der Waals surface area contributed by atoms with Crippen molar-refractivity contribution in [3.05, 3.63) is 59.1 Å². The van der Waals surface area contributed by atoms with E-state index in [2.05, 4.69) is 0 Å². The van der Waals surface area contributed by atoms with Crippen LogP contribution in [0, 0.1) is 0 Å². The van der Waals surface area contributed by atoms with Crippen LogP contribution in [0.2, 0.25) is 5.02 Å². The zero-order chi connectivity index (χ0) is 21.7. The maximum Gasteiger partial charge on any atom is 0.410 e. The van der Waals surface area contributed by atoms with Crippen LogP contribution in [0.25, 0.3) is 0 Å². The first-order valence-corrected chi connectivity index (χ1v) is 10.3. The summed E-state index contributed by atoms with van der Waals surface area (Å²) in [6, 6.07) is 15.0.